The molecule has 140 valence electrons. The molecule has 1 aliphatic rings. The van der Waals surface area contributed by atoms with E-state index in [9.17, 15) is 0 Å². The fraction of sp³-hybridized carbons (Fsp3) is 0.318. The minimum absolute atomic E-state index is 0.701. The molecule has 1 aromatic carbocycles. The highest BCUT2D eigenvalue weighted by molar-refractivity contribution is 5.57. The first-order chi connectivity index (χ1) is 13.3. The summed E-state index contributed by atoms with van der Waals surface area (Å²) in [5, 5.41) is 3.43. The molecule has 1 fully saturated rings. The van der Waals surface area contributed by atoms with Crippen LogP contribution in [0.4, 0.5) is 5.82 Å². The molecule has 0 unspecified atom stereocenters. The van der Waals surface area contributed by atoms with Crippen LogP contribution in [0.3, 0.4) is 0 Å². The summed E-state index contributed by atoms with van der Waals surface area (Å²) in [6.07, 6.45) is 1.97. The summed E-state index contributed by atoms with van der Waals surface area (Å²) in [5.74, 6) is 2.92. The van der Waals surface area contributed by atoms with Crippen molar-refractivity contribution < 1.29 is 4.42 Å². The molecular weight excluding hydrogens is 336 g/mol. The Labute approximate surface area is 160 Å². The molecule has 0 saturated carbocycles. The van der Waals surface area contributed by atoms with Gasteiger partial charge in [0.15, 0.2) is 0 Å². The number of nitrogens with zero attached hydrogens (tertiary/aromatic N) is 3. The zero-order valence-electron chi connectivity index (χ0n) is 15.8. The number of anilines is 1. The molecule has 3 aromatic rings. The van der Waals surface area contributed by atoms with Gasteiger partial charge < -0.3 is 19.5 Å². The molecule has 0 bridgehead atoms. The molecule has 2 aromatic heterocycles. The van der Waals surface area contributed by atoms with E-state index in [-0.39, 0.29) is 0 Å². The van der Waals surface area contributed by atoms with Crippen molar-refractivity contribution in [3.8, 4) is 11.3 Å². The van der Waals surface area contributed by atoms with Crippen LogP contribution in [0, 0.1) is 0 Å². The monoisotopic (exact) mass is 362 g/mol. The van der Waals surface area contributed by atoms with Crippen LogP contribution < -0.4 is 10.2 Å². The standard InChI is InChI=1S/C22H26N4O/c1-25-11-13-26(14-12-25)22-10-7-18(16-24-22)15-23-17-20-8-9-21(27-20)19-5-3-2-4-6-19/h2-10,16,23H,11-15,17H2,1H3. The highest BCUT2D eigenvalue weighted by Gasteiger charge is 2.14. The summed E-state index contributed by atoms with van der Waals surface area (Å²) in [7, 11) is 2.17. The van der Waals surface area contributed by atoms with Crippen LogP contribution in [0.1, 0.15) is 11.3 Å². The summed E-state index contributed by atoms with van der Waals surface area (Å²) in [5.41, 5.74) is 2.29. The number of rotatable bonds is 6. The summed E-state index contributed by atoms with van der Waals surface area (Å²) in [6.45, 7) is 5.76. The first kappa shape index (κ1) is 17.8. The average molecular weight is 362 g/mol. The van der Waals surface area contributed by atoms with Gasteiger partial charge in [-0.05, 0) is 30.8 Å². The van der Waals surface area contributed by atoms with Gasteiger partial charge in [0, 0.05) is 44.5 Å². The number of nitrogens with one attached hydrogen (secondary N) is 1. The molecule has 0 radical (unpaired) electrons. The van der Waals surface area contributed by atoms with Crippen molar-refractivity contribution in [2.24, 2.45) is 0 Å². The smallest absolute Gasteiger partial charge is 0.134 e. The van der Waals surface area contributed by atoms with Crippen molar-refractivity contribution in [3.05, 3.63) is 72.1 Å². The topological polar surface area (TPSA) is 44.5 Å². The molecule has 1 N–H and O–H groups in total. The third kappa shape index (κ3) is 4.56. The maximum atomic E-state index is 5.93. The van der Waals surface area contributed by atoms with E-state index in [0.717, 1.165) is 55.6 Å². The molecule has 1 aliphatic heterocycles. The van der Waals surface area contributed by atoms with E-state index >= 15 is 0 Å². The fourth-order valence-electron chi connectivity index (χ4n) is 3.30. The van der Waals surface area contributed by atoms with Gasteiger partial charge in [0.2, 0.25) is 0 Å². The van der Waals surface area contributed by atoms with Gasteiger partial charge >= 0.3 is 0 Å². The molecular formula is C22H26N4O. The zero-order chi connectivity index (χ0) is 18.5. The highest BCUT2D eigenvalue weighted by atomic mass is 16.3. The molecule has 27 heavy (non-hydrogen) atoms. The van der Waals surface area contributed by atoms with E-state index in [2.05, 4.69) is 51.4 Å². The number of hydrogen-bond donors (Lipinski definition) is 1. The zero-order valence-corrected chi connectivity index (χ0v) is 15.8. The van der Waals surface area contributed by atoms with Crippen LogP contribution in [0.25, 0.3) is 11.3 Å². The van der Waals surface area contributed by atoms with Crippen LogP contribution in [-0.4, -0.2) is 43.1 Å². The van der Waals surface area contributed by atoms with Gasteiger partial charge in [-0.2, -0.15) is 0 Å². The average Bonchev–Trinajstić information content (AvgIpc) is 3.19. The van der Waals surface area contributed by atoms with Crippen LogP contribution >= 0.6 is 0 Å². The molecule has 0 aliphatic carbocycles. The van der Waals surface area contributed by atoms with E-state index in [1.54, 1.807) is 0 Å². The highest BCUT2D eigenvalue weighted by Crippen LogP contribution is 2.21. The van der Waals surface area contributed by atoms with Gasteiger partial charge in [-0.15, -0.1) is 0 Å². The quantitative estimate of drug-likeness (QED) is 0.728. The Balaban J connectivity index is 1.28. The van der Waals surface area contributed by atoms with Crippen LogP contribution in [0.15, 0.2) is 65.2 Å². The predicted molar refractivity (Wildman–Crippen MR) is 109 cm³/mol. The van der Waals surface area contributed by atoms with E-state index in [0.29, 0.717) is 6.54 Å². The fourth-order valence-corrected chi connectivity index (χ4v) is 3.30. The summed E-state index contributed by atoms with van der Waals surface area (Å²) in [6, 6.07) is 18.5. The Hall–Kier alpha value is -2.63. The Kier molecular flexibility index (Phi) is 5.51. The second kappa shape index (κ2) is 8.37. The molecule has 0 amide bonds. The van der Waals surface area contributed by atoms with Gasteiger partial charge in [-0.25, -0.2) is 4.98 Å². The van der Waals surface area contributed by atoms with Crippen LogP contribution in [-0.2, 0) is 13.1 Å². The van der Waals surface area contributed by atoms with Crippen LogP contribution in [0.2, 0.25) is 0 Å². The van der Waals surface area contributed by atoms with Gasteiger partial charge in [0.25, 0.3) is 0 Å². The van der Waals surface area contributed by atoms with Crippen molar-refractivity contribution in [3.63, 3.8) is 0 Å². The van der Waals surface area contributed by atoms with Gasteiger partial charge in [-0.3, -0.25) is 0 Å². The lowest BCUT2D eigenvalue weighted by Crippen LogP contribution is -2.44. The van der Waals surface area contributed by atoms with Crippen molar-refractivity contribution in [2.75, 3.05) is 38.1 Å². The Morgan fingerprint density at radius 3 is 2.48 bits per heavy atom. The second-order valence-corrected chi connectivity index (χ2v) is 7.05. The van der Waals surface area contributed by atoms with Crippen molar-refractivity contribution in [2.45, 2.75) is 13.1 Å². The summed E-state index contributed by atoms with van der Waals surface area (Å²) >= 11 is 0. The first-order valence-electron chi connectivity index (χ1n) is 9.51. The summed E-state index contributed by atoms with van der Waals surface area (Å²) < 4.78 is 5.93. The normalized spacial score (nSPS) is 15.2. The predicted octanol–water partition coefficient (Wildman–Crippen LogP) is 3.38. The molecule has 5 heteroatoms. The Bertz CT molecular complexity index is 836. The van der Waals surface area contributed by atoms with Crippen molar-refractivity contribution in [1.29, 1.82) is 0 Å². The number of hydrogen-bond acceptors (Lipinski definition) is 5. The second-order valence-electron chi connectivity index (χ2n) is 7.05. The maximum Gasteiger partial charge on any atom is 0.134 e. The Morgan fingerprint density at radius 1 is 0.926 bits per heavy atom. The van der Waals surface area contributed by atoms with Gasteiger partial charge in [0.05, 0.1) is 6.54 Å². The van der Waals surface area contributed by atoms with Gasteiger partial charge in [-0.1, -0.05) is 36.4 Å². The van der Waals surface area contributed by atoms with Crippen molar-refractivity contribution in [1.82, 2.24) is 15.2 Å². The molecule has 1 saturated heterocycles. The van der Waals surface area contributed by atoms with E-state index in [1.807, 2.05) is 36.5 Å². The minimum atomic E-state index is 0.701. The molecule has 0 spiro atoms. The number of aromatic nitrogens is 1. The largest absolute Gasteiger partial charge is 0.460 e. The van der Waals surface area contributed by atoms with E-state index < -0.39 is 0 Å². The van der Waals surface area contributed by atoms with E-state index in [1.165, 1.54) is 5.56 Å². The molecule has 0 atom stereocenters. The SMILES string of the molecule is CN1CCN(c2ccc(CNCc3ccc(-c4ccccc4)o3)cn2)CC1. The van der Waals surface area contributed by atoms with Gasteiger partial charge in [0.1, 0.15) is 17.3 Å². The summed E-state index contributed by atoms with van der Waals surface area (Å²) in [4.78, 5) is 9.35. The van der Waals surface area contributed by atoms with Crippen LogP contribution in [0.5, 0.6) is 0 Å². The lowest BCUT2D eigenvalue weighted by Gasteiger charge is -2.33. The maximum absolute atomic E-state index is 5.93. The number of pyridine rings is 1. The number of likely N-dealkylation sites (N-methyl/N-ethyl adjacent to an activating group) is 1. The van der Waals surface area contributed by atoms with Crippen molar-refractivity contribution >= 4 is 5.82 Å². The molecule has 3 heterocycles. The molecule has 4 rings (SSSR count). The minimum Gasteiger partial charge on any atom is -0.460 e. The lowest BCUT2D eigenvalue weighted by molar-refractivity contribution is 0.312. The van der Waals surface area contributed by atoms with E-state index in [4.69, 9.17) is 4.42 Å². The number of benzene rings is 1. The molecule has 5 nitrogen and oxygen atoms in total. The number of furan rings is 1. The third-order valence-corrected chi connectivity index (χ3v) is 4.98. The first-order valence-corrected chi connectivity index (χ1v) is 9.51. The Morgan fingerprint density at radius 2 is 1.74 bits per heavy atom. The lowest BCUT2D eigenvalue weighted by atomic mass is 10.2. The number of piperazine rings is 1. The third-order valence-electron chi connectivity index (χ3n) is 4.98.